The first-order valence-electron chi connectivity index (χ1n) is 9.34. The fourth-order valence-corrected chi connectivity index (χ4v) is 4.54. The molecule has 0 spiro atoms. The zero-order valence-corrected chi connectivity index (χ0v) is 17.0. The predicted molar refractivity (Wildman–Crippen MR) is 109 cm³/mol. The van der Waals surface area contributed by atoms with Crippen LogP contribution in [0.15, 0.2) is 54.6 Å². The van der Waals surface area contributed by atoms with E-state index in [2.05, 4.69) is 10.1 Å². The first-order chi connectivity index (χ1) is 13.9. The number of nitrogens with one attached hydrogen (secondary N) is 1. The van der Waals surface area contributed by atoms with Gasteiger partial charge >= 0.3 is 5.97 Å². The smallest absolute Gasteiger partial charge is 0.337 e. The van der Waals surface area contributed by atoms with E-state index in [1.165, 1.54) is 7.11 Å². The van der Waals surface area contributed by atoms with Gasteiger partial charge in [-0.25, -0.2) is 13.2 Å². The van der Waals surface area contributed by atoms with Crippen molar-refractivity contribution in [3.05, 3.63) is 71.3 Å². The Bertz CT molecular complexity index is 944. The molecule has 154 valence electrons. The van der Waals surface area contributed by atoms with Crippen LogP contribution < -0.4 is 5.32 Å². The molecular formula is C21H24N2O5S. The lowest BCUT2D eigenvalue weighted by molar-refractivity contribution is -0.126. The Morgan fingerprint density at radius 1 is 1.03 bits per heavy atom. The average molecular weight is 416 g/mol. The van der Waals surface area contributed by atoms with E-state index >= 15 is 0 Å². The SMILES string of the molecule is COC(=O)c1ccc(CNC(=O)C(c2ccccc2)N2CCS(=O)(=O)CC2)cc1. The summed E-state index contributed by atoms with van der Waals surface area (Å²) < 4.78 is 28.2. The van der Waals surface area contributed by atoms with Gasteiger partial charge in [0.2, 0.25) is 5.91 Å². The first kappa shape index (κ1) is 21.0. The number of carbonyl (C=O) groups is 2. The third-order valence-electron chi connectivity index (χ3n) is 4.95. The molecule has 1 N–H and O–H groups in total. The molecule has 0 bridgehead atoms. The van der Waals surface area contributed by atoms with Crippen LogP contribution in [0.4, 0.5) is 0 Å². The van der Waals surface area contributed by atoms with Gasteiger partial charge in [0.1, 0.15) is 6.04 Å². The molecule has 3 rings (SSSR count). The normalized spacial score (nSPS) is 17.3. The van der Waals surface area contributed by atoms with E-state index < -0.39 is 21.8 Å². The molecule has 1 atom stereocenters. The van der Waals surface area contributed by atoms with E-state index in [1.807, 2.05) is 35.2 Å². The van der Waals surface area contributed by atoms with Crippen molar-refractivity contribution >= 4 is 21.7 Å². The summed E-state index contributed by atoms with van der Waals surface area (Å²) in [5.41, 5.74) is 2.11. The molecule has 2 aromatic rings. The summed E-state index contributed by atoms with van der Waals surface area (Å²) in [6, 6.07) is 15.6. The zero-order valence-electron chi connectivity index (χ0n) is 16.2. The molecule has 1 fully saturated rings. The molecule has 1 aliphatic heterocycles. The van der Waals surface area contributed by atoms with E-state index in [0.717, 1.165) is 11.1 Å². The molecule has 1 saturated heterocycles. The number of hydrogen-bond donors (Lipinski definition) is 1. The molecule has 1 unspecified atom stereocenters. The summed E-state index contributed by atoms with van der Waals surface area (Å²) in [6.45, 7) is 0.946. The van der Waals surface area contributed by atoms with Gasteiger partial charge in [-0.15, -0.1) is 0 Å². The highest BCUT2D eigenvalue weighted by Crippen LogP contribution is 2.23. The molecule has 0 radical (unpaired) electrons. The number of esters is 1. The van der Waals surface area contributed by atoms with Crippen LogP contribution in [0.3, 0.4) is 0 Å². The van der Waals surface area contributed by atoms with Crippen molar-refractivity contribution < 1.29 is 22.7 Å². The van der Waals surface area contributed by atoms with Crippen LogP contribution in [0.2, 0.25) is 0 Å². The summed E-state index contributed by atoms with van der Waals surface area (Å²) in [4.78, 5) is 26.4. The van der Waals surface area contributed by atoms with Gasteiger partial charge in [-0.05, 0) is 23.3 Å². The molecule has 1 heterocycles. The first-order valence-corrected chi connectivity index (χ1v) is 11.2. The van der Waals surface area contributed by atoms with Gasteiger partial charge in [-0.1, -0.05) is 42.5 Å². The summed E-state index contributed by atoms with van der Waals surface area (Å²) in [6.07, 6.45) is 0. The van der Waals surface area contributed by atoms with Crippen molar-refractivity contribution in [2.24, 2.45) is 0 Å². The number of nitrogens with zero attached hydrogens (tertiary/aromatic N) is 1. The van der Waals surface area contributed by atoms with Crippen LogP contribution >= 0.6 is 0 Å². The maximum atomic E-state index is 13.0. The van der Waals surface area contributed by atoms with Crippen molar-refractivity contribution in [1.82, 2.24) is 10.2 Å². The van der Waals surface area contributed by atoms with Crippen molar-refractivity contribution in [3.63, 3.8) is 0 Å². The highest BCUT2D eigenvalue weighted by atomic mass is 32.2. The standard InChI is InChI=1S/C21H24N2O5S/c1-28-21(25)18-9-7-16(8-10-18)15-22-20(24)19(17-5-3-2-4-6-17)23-11-13-29(26,27)14-12-23/h2-10,19H,11-15H2,1H3,(H,22,24). The van der Waals surface area contributed by atoms with E-state index in [-0.39, 0.29) is 17.4 Å². The van der Waals surface area contributed by atoms with E-state index in [4.69, 9.17) is 0 Å². The molecule has 0 aromatic heterocycles. The number of ether oxygens (including phenoxy) is 1. The van der Waals surface area contributed by atoms with Crippen LogP contribution in [0.25, 0.3) is 0 Å². The molecule has 1 aliphatic rings. The Kier molecular flexibility index (Phi) is 6.66. The number of amides is 1. The third kappa shape index (κ3) is 5.42. The van der Waals surface area contributed by atoms with Gasteiger partial charge < -0.3 is 10.1 Å². The zero-order chi connectivity index (χ0) is 20.9. The highest BCUT2D eigenvalue weighted by molar-refractivity contribution is 7.91. The topological polar surface area (TPSA) is 92.8 Å². The second-order valence-corrected chi connectivity index (χ2v) is 9.21. The minimum atomic E-state index is -3.04. The van der Waals surface area contributed by atoms with Crippen molar-refractivity contribution in [2.75, 3.05) is 31.7 Å². The molecular weight excluding hydrogens is 392 g/mol. The highest BCUT2D eigenvalue weighted by Gasteiger charge is 2.32. The molecule has 7 nitrogen and oxygen atoms in total. The molecule has 29 heavy (non-hydrogen) atoms. The number of sulfone groups is 1. The van der Waals surface area contributed by atoms with Gasteiger partial charge in [-0.3, -0.25) is 9.69 Å². The van der Waals surface area contributed by atoms with Crippen LogP contribution in [0, 0.1) is 0 Å². The minimum Gasteiger partial charge on any atom is -0.465 e. The summed E-state index contributed by atoms with van der Waals surface area (Å²) in [5.74, 6) is -0.491. The Hall–Kier alpha value is -2.71. The molecule has 2 aromatic carbocycles. The lowest BCUT2D eigenvalue weighted by Gasteiger charge is -2.33. The monoisotopic (exact) mass is 416 g/mol. The van der Waals surface area contributed by atoms with Gasteiger partial charge in [0.15, 0.2) is 9.84 Å². The summed E-state index contributed by atoms with van der Waals surface area (Å²) >= 11 is 0. The Labute approximate surface area is 170 Å². The second kappa shape index (κ2) is 9.19. The molecule has 1 amide bonds. The number of carbonyl (C=O) groups excluding carboxylic acids is 2. The average Bonchev–Trinajstić information content (AvgIpc) is 2.74. The van der Waals surface area contributed by atoms with Crippen molar-refractivity contribution in [2.45, 2.75) is 12.6 Å². The Morgan fingerprint density at radius 3 is 2.24 bits per heavy atom. The fourth-order valence-electron chi connectivity index (χ4n) is 3.31. The number of hydrogen-bond acceptors (Lipinski definition) is 6. The van der Waals surface area contributed by atoms with E-state index in [9.17, 15) is 18.0 Å². The summed E-state index contributed by atoms with van der Waals surface area (Å²) in [7, 11) is -1.71. The fraction of sp³-hybridized carbons (Fsp3) is 0.333. The number of benzene rings is 2. The largest absolute Gasteiger partial charge is 0.465 e. The minimum absolute atomic E-state index is 0.0542. The van der Waals surface area contributed by atoms with E-state index in [0.29, 0.717) is 25.2 Å². The van der Waals surface area contributed by atoms with Crippen LogP contribution in [0.1, 0.15) is 27.5 Å². The third-order valence-corrected chi connectivity index (χ3v) is 6.56. The lowest BCUT2D eigenvalue weighted by Crippen LogP contribution is -2.47. The van der Waals surface area contributed by atoms with Gasteiger partial charge in [0, 0.05) is 19.6 Å². The number of methoxy groups -OCH3 is 1. The summed E-state index contributed by atoms with van der Waals surface area (Å²) in [5, 5.41) is 2.93. The predicted octanol–water partition coefficient (Wildman–Crippen LogP) is 1.56. The Morgan fingerprint density at radius 2 is 1.66 bits per heavy atom. The van der Waals surface area contributed by atoms with Gasteiger partial charge in [-0.2, -0.15) is 0 Å². The van der Waals surface area contributed by atoms with Crippen molar-refractivity contribution in [3.8, 4) is 0 Å². The number of rotatable bonds is 6. The quantitative estimate of drug-likeness (QED) is 0.719. The maximum Gasteiger partial charge on any atom is 0.337 e. The molecule has 8 heteroatoms. The van der Waals surface area contributed by atoms with Crippen molar-refractivity contribution in [1.29, 1.82) is 0 Å². The second-order valence-electron chi connectivity index (χ2n) is 6.91. The molecule has 0 aliphatic carbocycles. The van der Waals surface area contributed by atoms with Crippen LogP contribution in [-0.4, -0.2) is 56.9 Å². The van der Waals surface area contributed by atoms with Gasteiger partial charge in [0.05, 0.1) is 24.2 Å². The van der Waals surface area contributed by atoms with Crippen LogP contribution in [0.5, 0.6) is 0 Å². The van der Waals surface area contributed by atoms with Crippen LogP contribution in [-0.2, 0) is 25.9 Å². The lowest BCUT2D eigenvalue weighted by atomic mass is 10.0. The van der Waals surface area contributed by atoms with Gasteiger partial charge in [0.25, 0.3) is 0 Å². The molecule has 0 saturated carbocycles. The Balaban J connectivity index is 1.71. The van der Waals surface area contributed by atoms with E-state index in [1.54, 1.807) is 24.3 Å². The maximum absolute atomic E-state index is 13.0.